The van der Waals surface area contributed by atoms with Gasteiger partial charge in [-0.25, -0.2) is 0 Å². The molecule has 3 rings (SSSR count). The molecule has 4 nitrogen and oxygen atoms in total. The molecule has 0 bridgehead atoms. The number of nitriles is 1. The zero-order valence-electron chi connectivity index (χ0n) is 13.7. The molecule has 2 aromatic carbocycles. The fourth-order valence-corrected chi connectivity index (χ4v) is 3.03. The van der Waals surface area contributed by atoms with Gasteiger partial charge in [-0.2, -0.15) is 5.26 Å². The van der Waals surface area contributed by atoms with Gasteiger partial charge in [-0.05, 0) is 48.5 Å². The second kappa shape index (κ2) is 8.32. The minimum atomic E-state index is -0.562. The van der Waals surface area contributed by atoms with Gasteiger partial charge in [0.25, 0.3) is 5.91 Å². The van der Waals surface area contributed by atoms with Crippen molar-refractivity contribution >= 4 is 52.5 Å². The van der Waals surface area contributed by atoms with Crippen molar-refractivity contribution in [1.82, 2.24) is 0 Å². The van der Waals surface area contributed by atoms with Crippen LogP contribution in [0.5, 0.6) is 0 Å². The number of hydrogen-bond acceptors (Lipinski definition) is 3. The van der Waals surface area contributed by atoms with Gasteiger partial charge in [0.15, 0.2) is 0 Å². The molecule has 1 aromatic heterocycles. The average Bonchev–Trinajstić information content (AvgIpc) is 3.09. The van der Waals surface area contributed by atoms with Gasteiger partial charge in [0.05, 0.1) is 15.6 Å². The van der Waals surface area contributed by atoms with Crippen LogP contribution in [0.25, 0.3) is 17.4 Å². The van der Waals surface area contributed by atoms with Crippen LogP contribution in [0.4, 0.5) is 5.69 Å². The molecule has 0 saturated heterocycles. The van der Waals surface area contributed by atoms with Crippen LogP contribution >= 0.6 is 34.8 Å². The summed E-state index contributed by atoms with van der Waals surface area (Å²) in [6.07, 6.45) is 1.35. The summed E-state index contributed by atoms with van der Waals surface area (Å²) in [4.78, 5) is 12.3. The summed E-state index contributed by atoms with van der Waals surface area (Å²) in [6.45, 7) is 0. The third-order valence-corrected chi connectivity index (χ3v) is 4.47. The van der Waals surface area contributed by atoms with E-state index < -0.39 is 5.91 Å². The molecule has 0 radical (unpaired) electrons. The van der Waals surface area contributed by atoms with E-state index in [0.29, 0.717) is 37.8 Å². The van der Waals surface area contributed by atoms with Crippen LogP contribution in [-0.2, 0) is 4.79 Å². The van der Waals surface area contributed by atoms with Gasteiger partial charge < -0.3 is 9.73 Å². The van der Waals surface area contributed by atoms with E-state index in [1.165, 1.54) is 6.08 Å². The Kier molecular flexibility index (Phi) is 5.88. The van der Waals surface area contributed by atoms with Gasteiger partial charge >= 0.3 is 0 Å². The van der Waals surface area contributed by atoms with Crippen LogP contribution in [0, 0.1) is 11.3 Å². The Morgan fingerprint density at radius 3 is 2.30 bits per heavy atom. The number of furan rings is 1. The van der Waals surface area contributed by atoms with Crippen molar-refractivity contribution < 1.29 is 9.21 Å². The zero-order valence-corrected chi connectivity index (χ0v) is 15.9. The van der Waals surface area contributed by atoms with Crippen molar-refractivity contribution in [1.29, 1.82) is 5.26 Å². The quantitative estimate of drug-likeness (QED) is 0.392. The van der Waals surface area contributed by atoms with Gasteiger partial charge in [-0.15, -0.1) is 0 Å². The van der Waals surface area contributed by atoms with Gasteiger partial charge in [-0.1, -0.05) is 40.9 Å². The number of benzene rings is 2. The first-order valence-electron chi connectivity index (χ1n) is 7.71. The van der Waals surface area contributed by atoms with Crippen molar-refractivity contribution in [3.63, 3.8) is 0 Å². The SMILES string of the molecule is N#C/C(=C\c1ccc(-c2c(Cl)cccc2Cl)o1)C(=O)Nc1ccc(Cl)cc1. The van der Waals surface area contributed by atoms with Crippen molar-refractivity contribution in [3.8, 4) is 17.4 Å². The molecule has 0 atom stereocenters. The largest absolute Gasteiger partial charge is 0.457 e. The van der Waals surface area contributed by atoms with E-state index in [1.54, 1.807) is 54.6 Å². The van der Waals surface area contributed by atoms with Crippen LogP contribution in [0.3, 0.4) is 0 Å². The maximum Gasteiger partial charge on any atom is 0.266 e. The first-order valence-corrected chi connectivity index (χ1v) is 8.84. The Balaban J connectivity index is 1.84. The minimum absolute atomic E-state index is 0.115. The van der Waals surface area contributed by atoms with Crippen LogP contribution in [0.15, 0.2) is 64.6 Å². The molecule has 134 valence electrons. The van der Waals surface area contributed by atoms with Crippen LogP contribution in [0.1, 0.15) is 5.76 Å². The Labute approximate surface area is 170 Å². The standard InChI is InChI=1S/C20H11Cl3N2O2/c21-13-4-6-14(7-5-13)25-20(26)12(11-24)10-15-8-9-18(27-15)19-16(22)2-1-3-17(19)23/h1-10H,(H,25,26)/b12-10+. The van der Waals surface area contributed by atoms with Crippen molar-refractivity contribution in [2.45, 2.75) is 0 Å². The molecule has 3 aromatic rings. The fourth-order valence-electron chi connectivity index (χ4n) is 2.32. The second-order valence-corrected chi connectivity index (χ2v) is 6.68. The Morgan fingerprint density at radius 2 is 1.67 bits per heavy atom. The number of nitrogens with zero attached hydrogens (tertiary/aromatic N) is 1. The summed E-state index contributed by atoms with van der Waals surface area (Å²) in [5.74, 6) is 0.199. The molecule has 27 heavy (non-hydrogen) atoms. The number of nitrogens with one attached hydrogen (secondary N) is 1. The third kappa shape index (κ3) is 4.53. The third-order valence-electron chi connectivity index (χ3n) is 3.59. The first-order chi connectivity index (χ1) is 13.0. The molecule has 0 fully saturated rings. The average molecular weight is 418 g/mol. The molecule has 1 heterocycles. The highest BCUT2D eigenvalue weighted by Gasteiger charge is 2.14. The lowest BCUT2D eigenvalue weighted by Gasteiger charge is -2.04. The predicted octanol–water partition coefficient (Wildman–Crippen LogP) is 6.45. The number of carbonyl (C=O) groups excluding carboxylic acids is 1. The van der Waals surface area contributed by atoms with E-state index in [2.05, 4.69) is 5.32 Å². The lowest BCUT2D eigenvalue weighted by molar-refractivity contribution is -0.112. The molecule has 7 heteroatoms. The molecule has 1 N–H and O–H groups in total. The molecule has 0 unspecified atom stereocenters. The number of anilines is 1. The van der Waals surface area contributed by atoms with Crippen molar-refractivity contribution in [3.05, 3.63) is 81.0 Å². The summed E-state index contributed by atoms with van der Waals surface area (Å²) in [7, 11) is 0. The number of carbonyl (C=O) groups is 1. The lowest BCUT2D eigenvalue weighted by atomic mass is 10.2. The smallest absolute Gasteiger partial charge is 0.266 e. The highest BCUT2D eigenvalue weighted by atomic mass is 35.5. The van der Waals surface area contributed by atoms with Crippen LogP contribution in [0.2, 0.25) is 15.1 Å². The maximum atomic E-state index is 12.3. The van der Waals surface area contributed by atoms with Crippen LogP contribution in [-0.4, -0.2) is 5.91 Å². The van der Waals surface area contributed by atoms with Crippen LogP contribution < -0.4 is 5.32 Å². The molecule has 0 aliphatic carbocycles. The summed E-state index contributed by atoms with van der Waals surface area (Å²) in [5, 5.41) is 13.4. The Bertz CT molecular complexity index is 1040. The highest BCUT2D eigenvalue weighted by molar-refractivity contribution is 6.39. The summed E-state index contributed by atoms with van der Waals surface area (Å²) >= 11 is 18.2. The normalized spacial score (nSPS) is 11.1. The number of halogens is 3. The number of amides is 1. The van der Waals surface area contributed by atoms with Gasteiger partial charge in [0.2, 0.25) is 0 Å². The second-order valence-electron chi connectivity index (χ2n) is 5.43. The number of rotatable bonds is 4. The molecule has 0 spiro atoms. The predicted molar refractivity (Wildman–Crippen MR) is 108 cm³/mol. The molecule has 1 amide bonds. The maximum absolute atomic E-state index is 12.3. The zero-order chi connectivity index (χ0) is 19.4. The van der Waals surface area contributed by atoms with E-state index in [1.807, 2.05) is 6.07 Å². The first kappa shape index (κ1) is 19.1. The van der Waals surface area contributed by atoms with E-state index >= 15 is 0 Å². The molecule has 0 aliphatic rings. The van der Waals surface area contributed by atoms with Gasteiger partial charge in [0.1, 0.15) is 23.2 Å². The van der Waals surface area contributed by atoms with Crippen molar-refractivity contribution in [2.24, 2.45) is 0 Å². The highest BCUT2D eigenvalue weighted by Crippen LogP contribution is 2.35. The number of hydrogen-bond donors (Lipinski definition) is 1. The minimum Gasteiger partial charge on any atom is -0.457 e. The summed E-state index contributed by atoms with van der Waals surface area (Å²) in [5.41, 5.74) is 0.953. The Hall–Kier alpha value is -2.71. The fraction of sp³-hybridized carbons (Fsp3) is 0. The topological polar surface area (TPSA) is 66.0 Å². The van der Waals surface area contributed by atoms with Gasteiger partial charge in [-0.3, -0.25) is 4.79 Å². The molecule has 0 saturated carbocycles. The summed E-state index contributed by atoms with van der Waals surface area (Å²) < 4.78 is 5.69. The lowest BCUT2D eigenvalue weighted by Crippen LogP contribution is -2.13. The Morgan fingerprint density at radius 1 is 1.00 bits per heavy atom. The van der Waals surface area contributed by atoms with E-state index in [4.69, 9.17) is 39.2 Å². The van der Waals surface area contributed by atoms with E-state index in [0.717, 1.165) is 0 Å². The van der Waals surface area contributed by atoms with E-state index in [-0.39, 0.29) is 5.57 Å². The van der Waals surface area contributed by atoms with Crippen molar-refractivity contribution in [2.75, 3.05) is 5.32 Å². The van der Waals surface area contributed by atoms with Gasteiger partial charge in [0, 0.05) is 16.8 Å². The molecule has 0 aliphatic heterocycles. The summed E-state index contributed by atoms with van der Waals surface area (Å²) in [6, 6.07) is 16.8. The monoisotopic (exact) mass is 416 g/mol. The molecular weight excluding hydrogens is 407 g/mol. The van der Waals surface area contributed by atoms with E-state index in [9.17, 15) is 10.1 Å². The molecular formula is C20H11Cl3N2O2.